The Morgan fingerprint density at radius 3 is 1.05 bits per heavy atom. The van der Waals surface area contributed by atoms with Crippen LogP contribution in [-0.4, -0.2) is 0 Å². The molecule has 0 atom stereocenters. The average Bonchev–Trinajstić information content (AvgIpc) is 3.05. The summed E-state index contributed by atoms with van der Waals surface area (Å²) in [5, 5.41) is 14.9. The van der Waals surface area contributed by atoms with Crippen molar-refractivity contribution in [1.82, 2.24) is 0 Å². The maximum absolute atomic E-state index is 3.67. The summed E-state index contributed by atoms with van der Waals surface area (Å²) >= 11 is 0. The van der Waals surface area contributed by atoms with E-state index in [0.717, 1.165) is 22.7 Å². The topological polar surface area (TPSA) is 24.1 Å². The van der Waals surface area contributed by atoms with Crippen molar-refractivity contribution in [2.45, 2.75) is 0 Å². The molecule has 2 heteroatoms. The molecule has 0 saturated carbocycles. The molecule has 0 unspecified atom stereocenters. The summed E-state index contributed by atoms with van der Waals surface area (Å²) in [6.45, 7) is 0. The van der Waals surface area contributed by atoms with Gasteiger partial charge in [-0.2, -0.15) is 0 Å². The van der Waals surface area contributed by atoms with Gasteiger partial charge in [-0.3, -0.25) is 0 Å². The van der Waals surface area contributed by atoms with Gasteiger partial charge in [-0.05, 0) is 115 Å². The van der Waals surface area contributed by atoms with Gasteiger partial charge in [0.05, 0.1) is 0 Å². The molecule has 0 aromatic heterocycles. The van der Waals surface area contributed by atoms with Crippen LogP contribution in [0.5, 0.6) is 0 Å². The first-order chi connectivity index (χ1) is 20.8. The van der Waals surface area contributed by atoms with Crippen LogP contribution >= 0.6 is 0 Å². The summed E-state index contributed by atoms with van der Waals surface area (Å²) in [6.07, 6.45) is 0. The van der Waals surface area contributed by atoms with Crippen molar-refractivity contribution < 1.29 is 0 Å². The fourth-order valence-electron chi connectivity index (χ4n) is 6.24. The van der Waals surface area contributed by atoms with Gasteiger partial charge in [0.2, 0.25) is 0 Å². The summed E-state index contributed by atoms with van der Waals surface area (Å²) in [4.78, 5) is 0. The quantitative estimate of drug-likeness (QED) is 0.207. The maximum atomic E-state index is 3.67. The Morgan fingerprint density at radius 2 is 0.667 bits per heavy atom. The first-order valence-electron chi connectivity index (χ1n) is 14.4. The van der Waals surface area contributed by atoms with Crippen LogP contribution in [0.1, 0.15) is 0 Å². The first-order valence-corrected chi connectivity index (χ1v) is 14.4. The lowest BCUT2D eigenvalue weighted by molar-refractivity contribution is 1.56. The Bertz CT molecular complexity index is 2000. The third kappa shape index (κ3) is 4.31. The van der Waals surface area contributed by atoms with E-state index in [4.69, 9.17) is 0 Å². The third-order valence-electron chi connectivity index (χ3n) is 8.06. The summed E-state index contributed by atoms with van der Waals surface area (Å²) < 4.78 is 0. The average molecular weight is 537 g/mol. The third-order valence-corrected chi connectivity index (χ3v) is 8.06. The van der Waals surface area contributed by atoms with Crippen molar-refractivity contribution in [1.29, 1.82) is 0 Å². The molecule has 2 N–H and O–H groups in total. The number of rotatable bonds is 6. The number of benzene rings is 8. The van der Waals surface area contributed by atoms with Crippen molar-refractivity contribution in [3.8, 4) is 22.3 Å². The van der Waals surface area contributed by atoms with E-state index in [1.165, 1.54) is 54.6 Å². The highest BCUT2D eigenvalue weighted by Gasteiger charge is 2.19. The lowest BCUT2D eigenvalue weighted by Gasteiger charge is -2.21. The zero-order valence-electron chi connectivity index (χ0n) is 23.0. The molecular weight excluding hydrogens is 508 g/mol. The standard InChI is InChI=1S/C40H28N2/c1-5-13-27(14-6-1)35-23-29-21-34(42-32-19-11-4-12-20-32)26-38-36(28-15-7-2-8-16-28)24-30-22-33(25-37(35)39(30)40(29)38)41-31-17-9-3-10-18-31/h1-26,41-42H. The van der Waals surface area contributed by atoms with E-state index in [9.17, 15) is 0 Å². The van der Waals surface area contributed by atoms with Crippen LogP contribution in [-0.2, 0) is 0 Å². The van der Waals surface area contributed by atoms with Crippen LogP contribution in [0.4, 0.5) is 22.7 Å². The zero-order valence-corrected chi connectivity index (χ0v) is 23.0. The van der Waals surface area contributed by atoms with E-state index in [2.05, 4.69) is 156 Å². The number of para-hydroxylation sites is 2. The molecule has 0 heterocycles. The van der Waals surface area contributed by atoms with Crippen molar-refractivity contribution in [2.75, 3.05) is 10.6 Å². The second-order valence-corrected chi connectivity index (χ2v) is 10.8. The van der Waals surface area contributed by atoms with Gasteiger partial charge in [0.25, 0.3) is 0 Å². The summed E-state index contributed by atoms with van der Waals surface area (Å²) in [7, 11) is 0. The minimum atomic E-state index is 1.08. The Hall–Kier alpha value is -5.60. The van der Waals surface area contributed by atoms with E-state index < -0.39 is 0 Å². The molecule has 42 heavy (non-hydrogen) atoms. The van der Waals surface area contributed by atoms with Crippen molar-refractivity contribution >= 4 is 55.1 Å². The Balaban J connectivity index is 1.46. The van der Waals surface area contributed by atoms with Crippen molar-refractivity contribution in [2.24, 2.45) is 0 Å². The smallest absolute Gasteiger partial charge is 0.0396 e. The highest BCUT2D eigenvalue weighted by atomic mass is 14.9. The van der Waals surface area contributed by atoms with E-state index in [1.54, 1.807) is 0 Å². The fraction of sp³-hybridized carbons (Fsp3) is 0. The first kappa shape index (κ1) is 24.2. The van der Waals surface area contributed by atoms with Gasteiger partial charge in [0.15, 0.2) is 0 Å². The van der Waals surface area contributed by atoms with Gasteiger partial charge >= 0.3 is 0 Å². The van der Waals surface area contributed by atoms with Crippen molar-refractivity contribution in [3.63, 3.8) is 0 Å². The van der Waals surface area contributed by atoms with Crippen LogP contribution in [0.2, 0.25) is 0 Å². The van der Waals surface area contributed by atoms with Gasteiger partial charge in [-0.1, -0.05) is 97.1 Å². The van der Waals surface area contributed by atoms with Crippen LogP contribution in [0.15, 0.2) is 158 Å². The van der Waals surface area contributed by atoms with Gasteiger partial charge in [-0.25, -0.2) is 0 Å². The van der Waals surface area contributed by atoms with Gasteiger partial charge in [0, 0.05) is 22.7 Å². The Labute approximate surface area is 245 Å². The van der Waals surface area contributed by atoms with E-state index >= 15 is 0 Å². The normalized spacial score (nSPS) is 11.3. The predicted octanol–water partition coefficient (Wildman–Crippen LogP) is 11.4. The molecule has 0 amide bonds. The zero-order chi connectivity index (χ0) is 27.9. The van der Waals surface area contributed by atoms with Crippen LogP contribution in [0, 0.1) is 0 Å². The molecule has 0 aliphatic heterocycles. The second kappa shape index (κ2) is 10.1. The Kier molecular flexibility index (Phi) is 5.82. The molecule has 198 valence electrons. The Morgan fingerprint density at radius 1 is 0.310 bits per heavy atom. The summed E-state index contributed by atoms with van der Waals surface area (Å²) in [6, 6.07) is 56.3. The van der Waals surface area contributed by atoms with Gasteiger partial charge in [-0.15, -0.1) is 0 Å². The lowest BCUT2D eigenvalue weighted by Crippen LogP contribution is -1.96. The number of nitrogens with one attached hydrogen (secondary N) is 2. The molecule has 0 spiro atoms. The molecule has 8 aromatic rings. The monoisotopic (exact) mass is 536 g/mol. The minimum absolute atomic E-state index is 1.08. The predicted molar refractivity (Wildman–Crippen MR) is 180 cm³/mol. The number of anilines is 4. The lowest BCUT2D eigenvalue weighted by atomic mass is 9.85. The molecule has 0 radical (unpaired) electrons. The van der Waals surface area contributed by atoms with Crippen LogP contribution < -0.4 is 10.6 Å². The summed E-state index contributed by atoms with van der Waals surface area (Å²) in [5.74, 6) is 0. The molecule has 8 rings (SSSR count). The van der Waals surface area contributed by atoms with E-state index in [1.807, 2.05) is 12.1 Å². The minimum Gasteiger partial charge on any atom is -0.355 e. The molecule has 0 bridgehead atoms. The number of hydrogen-bond acceptors (Lipinski definition) is 2. The number of hydrogen-bond donors (Lipinski definition) is 2. The largest absolute Gasteiger partial charge is 0.355 e. The molecule has 0 saturated heterocycles. The van der Waals surface area contributed by atoms with E-state index in [-0.39, 0.29) is 0 Å². The molecule has 8 aromatic carbocycles. The van der Waals surface area contributed by atoms with Gasteiger partial charge < -0.3 is 10.6 Å². The molecule has 0 aliphatic rings. The maximum Gasteiger partial charge on any atom is 0.0396 e. The molecule has 0 aliphatic carbocycles. The van der Waals surface area contributed by atoms with Crippen LogP contribution in [0.3, 0.4) is 0 Å². The molecular formula is C40H28N2. The van der Waals surface area contributed by atoms with Crippen LogP contribution in [0.25, 0.3) is 54.6 Å². The van der Waals surface area contributed by atoms with E-state index in [0.29, 0.717) is 0 Å². The summed E-state index contributed by atoms with van der Waals surface area (Å²) in [5.41, 5.74) is 9.19. The second-order valence-electron chi connectivity index (χ2n) is 10.8. The van der Waals surface area contributed by atoms with Crippen molar-refractivity contribution in [3.05, 3.63) is 158 Å². The SMILES string of the molecule is c1ccc(Nc2cc3cc(-c4ccccc4)c4cc(Nc5ccccc5)cc5cc(-c6ccccc6)c(c2)c3c54)cc1. The highest BCUT2D eigenvalue weighted by molar-refractivity contribution is 6.30. The molecule has 2 nitrogen and oxygen atoms in total. The fourth-order valence-corrected chi connectivity index (χ4v) is 6.24. The molecule has 0 fully saturated rings. The van der Waals surface area contributed by atoms with Gasteiger partial charge in [0.1, 0.15) is 0 Å². The highest BCUT2D eigenvalue weighted by Crippen LogP contribution is 2.46.